The van der Waals surface area contributed by atoms with Crippen molar-refractivity contribution in [2.45, 2.75) is 81.5 Å². The smallest absolute Gasteiger partial charge is 0.145 e. The molecule has 1 unspecified atom stereocenters. The Bertz CT molecular complexity index is 781. The zero-order valence-corrected chi connectivity index (χ0v) is 20.1. The summed E-state index contributed by atoms with van der Waals surface area (Å²) in [5.74, 6) is 1.33. The molecule has 1 atom stereocenters. The van der Waals surface area contributed by atoms with Crippen molar-refractivity contribution in [3.8, 4) is 0 Å². The van der Waals surface area contributed by atoms with E-state index in [4.69, 9.17) is 14.6 Å². The lowest BCUT2D eigenvalue weighted by Gasteiger charge is -2.29. The molecule has 2 fully saturated rings. The number of aliphatic hydroxyl groups excluding tert-OH is 2. The van der Waals surface area contributed by atoms with E-state index in [-0.39, 0.29) is 25.9 Å². The molecular formula is C29H40O5. The summed E-state index contributed by atoms with van der Waals surface area (Å²) in [4.78, 5) is 10.2. The number of aliphatic hydroxyl groups is 2. The Morgan fingerprint density at radius 2 is 1.18 bits per heavy atom. The van der Waals surface area contributed by atoms with E-state index >= 15 is 0 Å². The molecule has 0 aliphatic heterocycles. The Balaban J connectivity index is 0.000000192. The van der Waals surface area contributed by atoms with Gasteiger partial charge in [0.2, 0.25) is 0 Å². The first-order valence-corrected chi connectivity index (χ1v) is 12.7. The van der Waals surface area contributed by atoms with Crippen LogP contribution in [0.3, 0.4) is 0 Å². The lowest BCUT2D eigenvalue weighted by atomic mass is 9.83. The predicted octanol–water partition coefficient (Wildman–Crippen LogP) is 5.01. The summed E-state index contributed by atoms with van der Waals surface area (Å²) in [7, 11) is 0. The normalized spacial score (nSPS) is 25.6. The van der Waals surface area contributed by atoms with Crippen molar-refractivity contribution in [2.24, 2.45) is 0 Å². The lowest BCUT2D eigenvalue weighted by molar-refractivity contribution is -0.114. The molecule has 2 saturated carbocycles. The van der Waals surface area contributed by atoms with Crippen LogP contribution < -0.4 is 0 Å². The third-order valence-corrected chi connectivity index (χ3v) is 7.03. The average molecular weight is 469 g/mol. The van der Waals surface area contributed by atoms with Gasteiger partial charge in [-0.3, -0.25) is 0 Å². The van der Waals surface area contributed by atoms with Crippen molar-refractivity contribution in [1.29, 1.82) is 0 Å². The Hall–Kier alpha value is -2.05. The quantitative estimate of drug-likeness (QED) is 0.506. The highest BCUT2D eigenvalue weighted by molar-refractivity contribution is 5.50. The number of rotatable bonds is 9. The molecule has 0 bridgehead atoms. The fourth-order valence-electron chi connectivity index (χ4n) is 5.05. The zero-order valence-electron chi connectivity index (χ0n) is 20.1. The van der Waals surface area contributed by atoms with Crippen molar-refractivity contribution in [1.82, 2.24) is 0 Å². The molecule has 0 amide bonds. The van der Waals surface area contributed by atoms with Crippen LogP contribution in [0, 0.1) is 0 Å². The van der Waals surface area contributed by atoms with Crippen LogP contribution in [-0.2, 0) is 14.3 Å². The predicted molar refractivity (Wildman–Crippen MR) is 134 cm³/mol. The summed E-state index contributed by atoms with van der Waals surface area (Å²) in [6.45, 7) is 0.275. The maximum Gasteiger partial charge on any atom is 0.145 e. The zero-order chi connectivity index (χ0) is 24.0. The third-order valence-electron chi connectivity index (χ3n) is 7.03. The first kappa shape index (κ1) is 26.6. The van der Waals surface area contributed by atoms with Crippen LogP contribution in [-0.4, -0.2) is 54.6 Å². The molecule has 2 aliphatic rings. The minimum atomic E-state index is -0.739. The van der Waals surface area contributed by atoms with Crippen LogP contribution >= 0.6 is 0 Å². The highest BCUT2D eigenvalue weighted by Crippen LogP contribution is 2.34. The van der Waals surface area contributed by atoms with E-state index in [9.17, 15) is 9.90 Å². The van der Waals surface area contributed by atoms with E-state index < -0.39 is 6.10 Å². The van der Waals surface area contributed by atoms with Crippen molar-refractivity contribution in [3.05, 3.63) is 71.8 Å². The molecule has 0 radical (unpaired) electrons. The molecule has 0 saturated heterocycles. The molecule has 2 aromatic rings. The van der Waals surface area contributed by atoms with Gasteiger partial charge in [-0.15, -0.1) is 0 Å². The summed E-state index contributed by atoms with van der Waals surface area (Å²) >= 11 is 0. The van der Waals surface area contributed by atoms with Crippen LogP contribution in [0.1, 0.15) is 74.3 Å². The summed E-state index contributed by atoms with van der Waals surface area (Å²) in [5.41, 5.74) is 2.86. The Morgan fingerprint density at radius 3 is 1.59 bits per heavy atom. The average Bonchev–Trinajstić information content (AvgIpc) is 2.92. The number of benzene rings is 2. The van der Waals surface area contributed by atoms with E-state index in [2.05, 4.69) is 60.7 Å². The number of carbonyl (C=O) groups excluding carboxylic acids is 1. The summed E-state index contributed by atoms with van der Waals surface area (Å²) in [6, 6.07) is 21.3. The molecular weight excluding hydrogens is 428 g/mol. The topological polar surface area (TPSA) is 76.0 Å². The van der Waals surface area contributed by atoms with Gasteiger partial charge in [-0.1, -0.05) is 60.7 Å². The molecule has 5 nitrogen and oxygen atoms in total. The fourth-order valence-corrected chi connectivity index (χ4v) is 5.05. The summed E-state index contributed by atoms with van der Waals surface area (Å²) in [5, 5.41) is 18.0. The van der Waals surface area contributed by atoms with E-state index in [1.54, 1.807) is 0 Å². The van der Waals surface area contributed by atoms with E-state index in [1.165, 1.54) is 24.0 Å². The van der Waals surface area contributed by atoms with Crippen molar-refractivity contribution < 1.29 is 24.5 Å². The van der Waals surface area contributed by atoms with Crippen molar-refractivity contribution >= 4 is 6.29 Å². The van der Waals surface area contributed by atoms with E-state index in [0.717, 1.165) is 44.8 Å². The van der Waals surface area contributed by atoms with Crippen molar-refractivity contribution in [2.75, 3.05) is 19.8 Å². The number of carbonyl (C=O) groups is 1. The molecule has 0 aromatic heterocycles. The van der Waals surface area contributed by atoms with Crippen LogP contribution in [0.15, 0.2) is 60.7 Å². The van der Waals surface area contributed by atoms with Gasteiger partial charge in [0.15, 0.2) is 0 Å². The van der Waals surface area contributed by atoms with Crippen molar-refractivity contribution in [3.63, 3.8) is 0 Å². The highest BCUT2D eigenvalue weighted by Gasteiger charge is 2.23. The molecule has 186 valence electrons. The monoisotopic (exact) mass is 468 g/mol. The molecule has 34 heavy (non-hydrogen) atoms. The molecule has 0 heterocycles. The van der Waals surface area contributed by atoms with Gasteiger partial charge in [0.1, 0.15) is 19.0 Å². The van der Waals surface area contributed by atoms with Gasteiger partial charge in [-0.25, -0.2) is 0 Å². The van der Waals surface area contributed by atoms with E-state index in [1.807, 2.05) is 0 Å². The third kappa shape index (κ3) is 8.95. The van der Waals surface area contributed by atoms with Gasteiger partial charge in [0.05, 0.1) is 25.4 Å². The van der Waals surface area contributed by atoms with Crippen LogP contribution in [0.25, 0.3) is 0 Å². The Labute approximate surface area is 204 Å². The molecule has 2 N–H and O–H groups in total. The molecule has 4 rings (SSSR count). The van der Waals surface area contributed by atoms with Crippen LogP contribution in [0.2, 0.25) is 0 Å². The lowest BCUT2D eigenvalue weighted by Crippen LogP contribution is -2.27. The minimum Gasteiger partial charge on any atom is -0.394 e. The Morgan fingerprint density at radius 1 is 0.735 bits per heavy atom. The maximum atomic E-state index is 10.2. The number of aldehydes is 1. The molecule has 0 spiro atoms. The second-order valence-corrected chi connectivity index (χ2v) is 9.44. The Kier molecular flexibility index (Phi) is 11.8. The van der Waals surface area contributed by atoms with Gasteiger partial charge >= 0.3 is 0 Å². The maximum absolute atomic E-state index is 10.2. The molecule has 2 aliphatic carbocycles. The largest absolute Gasteiger partial charge is 0.394 e. The second kappa shape index (κ2) is 15.0. The number of hydrogen-bond acceptors (Lipinski definition) is 5. The van der Waals surface area contributed by atoms with Crippen LogP contribution in [0.5, 0.6) is 0 Å². The fraction of sp³-hybridized carbons (Fsp3) is 0.552. The second-order valence-electron chi connectivity index (χ2n) is 9.44. The summed E-state index contributed by atoms with van der Waals surface area (Å²) < 4.78 is 11.1. The highest BCUT2D eigenvalue weighted by atomic mass is 16.5. The first-order valence-electron chi connectivity index (χ1n) is 12.7. The SMILES string of the molecule is O=CCOC1CCC(c2ccccc2)CC1.OCC(O)COC1CCC(c2ccccc2)CC1. The summed E-state index contributed by atoms with van der Waals surface area (Å²) in [6.07, 6.45) is 9.50. The van der Waals surface area contributed by atoms with Gasteiger partial charge in [0.25, 0.3) is 0 Å². The standard InChI is InChI=1S/C15H22O3.C14H18O2/c16-10-14(17)11-18-15-8-6-13(7-9-15)12-4-2-1-3-5-12;15-10-11-16-14-8-6-13(7-9-14)12-4-2-1-3-5-12/h1-5,13-17H,6-11H2;1-5,10,13-14H,6-9,11H2. The van der Waals surface area contributed by atoms with Gasteiger partial charge < -0.3 is 24.5 Å². The first-order chi connectivity index (χ1) is 16.7. The van der Waals surface area contributed by atoms with Crippen LogP contribution in [0.4, 0.5) is 0 Å². The number of hydrogen-bond donors (Lipinski definition) is 2. The minimum absolute atomic E-state index is 0.223. The number of ether oxygens (including phenoxy) is 2. The molecule has 5 heteroatoms. The van der Waals surface area contributed by atoms with Gasteiger partial charge in [0, 0.05) is 0 Å². The van der Waals surface area contributed by atoms with Gasteiger partial charge in [-0.2, -0.15) is 0 Å². The van der Waals surface area contributed by atoms with E-state index in [0.29, 0.717) is 17.9 Å². The molecule has 2 aromatic carbocycles. The van der Waals surface area contributed by atoms with Gasteiger partial charge in [-0.05, 0) is 74.3 Å².